The van der Waals surface area contributed by atoms with Crippen LogP contribution in [0.4, 0.5) is 0 Å². The predicted octanol–water partition coefficient (Wildman–Crippen LogP) is 1.34. The number of nitrogens with zero attached hydrogens (tertiary/aromatic N) is 3. The highest BCUT2D eigenvalue weighted by Gasteiger charge is 2.22. The molecule has 4 heteroatoms. The van der Waals surface area contributed by atoms with Crippen molar-refractivity contribution >= 4 is 0 Å². The third kappa shape index (κ3) is 2.78. The van der Waals surface area contributed by atoms with E-state index in [0.717, 1.165) is 30.6 Å². The second kappa shape index (κ2) is 4.75. The summed E-state index contributed by atoms with van der Waals surface area (Å²) in [7, 11) is 1.90. The topological polar surface area (TPSA) is 42.7 Å². The Morgan fingerprint density at radius 3 is 3.00 bits per heavy atom. The molecule has 1 aliphatic carbocycles. The molecule has 1 aliphatic rings. The smallest absolute Gasteiger partial charge is 0.0964 e. The van der Waals surface area contributed by atoms with Crippen molar-refractivity contribution in [1.82, 2.24) is 20.3 Å². The van der Waals surface area contributed by atoms with Crippen LogP contribution < -0.4 is 5.32 Å². The summed E-state index contributed by atoms with van der Waals surface area (Å²) in [5.74, 6) is 1.75. The van der Waals surface area contributed by atoms with Crippen LogP contribution in [-0.4, -0.2) is 21.5 Å². The highest BCUT2D eigenvalue weighted by molar-refractivity contribution is 4.91. The molecule has 1 saturated carbocycles. The van der Waals surface area contributed by atoms with Gasteiger partial charge in [-0.25, -0.2) is 0 Å². The lowest BCUT2D eigenvalue weighted by Crippen LogP contribution is -2.24. The van der Waals surface area contributed by atoms with E-state index in [4.69, 9.17) is 0 Å². The second-order valence-corrected chi connectivity index (χ2v) is 4.68. The molecule has 0 bridgehead atoms. The molecular weight excluding hydrogens is 188 g/mol. The predicted molar refractivity (Wildman–Crippen MR) is 59.2 cm³/mol. The summed E-state index contributed by atoms with van der Waals surface area (Å²) in [5.41, 5.74) is 1.03. The Balaban J connectivity index is 1.70. The van der Waals surface area contributed by atoms with Gasteiger partial charge in [0.05, 0.1) is 5.69 Å². The standard InChI is InChI=1S/C11H20N4/c1-9-4-3-5-10(9)6-12-7-11-8-15(2)14-13-11/h8-10,12H,3-7H2,1-2H3. The SMILES string of the molecule is CC1CCCC1CNCc1cn(C)nn1. The largest absolute Gasteiger partial charge is 0.311 e. The van der Waals surface area contributed by atoms with Gasteiger partial charge in [-0.1, -0.05) is 25.0 Å². The van der Waals surface area contributed by atoms with E-state index in [9.17, 15) is 0 Å². The number of hydrogen-bond acceptors (Lipinski definition) is 3. The molecule has 84 valence electrons. The molecule has 1 N–H and O–H groups in total. The van der Waals surface area contributed by atoms with Crippen LogP contribution in [0.25, 0.3) is 0 Å². The van der Waals surface area contributed by atoms with E-state index in [2.05, 4.69) is 22.6 Å². The quantitative estimate of drug-likeness (QED) is 0.812. The molecule has 2 rings (SSSR count). The van der Waals surface area contributed by atoms with E-state index >= 15 is 0 Å². The lowest BCUT2D eigenvalue weighted by Gasteiger charge is -2.15. The van der Waals surface area contributed by atoms with Crippen LogP contribution in [0, 0.1) is 11.8 Å². The van der Waals surface area contributed by atoms with Crippen LogP contribution in [0.3, 0.4) is 0 Å². The fourth-order valence-electron chi connectivity index (χ4n) is 2.39. The second-order valence-electron chi connectivity index (χ2n) is 4.68. The van der Waals surface area contributed by atoms with Crippen molar-refractivity contribution in [3.05, 3.63) is 11.9 Å². The Bertz CT molecular complexity index is 307. The Morgan fingerprint density at radius 1 is 1.53 bits per heavy atom. The minimum atomic E-state index is 0.844. The number of hydrogen-bond donors (Lipinski definition) is 1. The summed E-state index contributed by atoms with van der Waals surface area (Å²) in [6, 6.07) is 0. The molecule has 0 aliphatic heterocycles. The first kappa shape index (κ1) is 10.6. The summed E-state index contributed by atoms with van der Waals surface area (Å²) in [6.45, 7) is 4.33. The van der Waals surface area contributed by atoms with Gasteiger partial charge in [-0.2, -0.15) is 0 Å². The van der Waals surface area contributed by atoms with E-state index < -0.39 is 0 Å². The van der Waals surface area contributed by atoms with Crippen LogP contribution in [0.1, 0.15) is 31.9 Å². The molecule has 2 unspecified atom stereocenters. The number of aryl methyl sites for hydroxylation is 1. The Kier molecular flexibility index (Phi) is 3.36. The minimum absolute atomic E-state index is 0.844. The van der Waals surface area contributed by atoms with Crippen molar-refractivity contribution < 1.29 is 0 Å². The molecular formula is C11H20N4. The zero-order valence-electron chi connectivity index (χ0n) is 9.61. The summed E-state index contributed by atoms with van der Waals surface area (Å²) < 4.78 is 1.75. The first-order chi connectivity index (χ1) is 7.25. The van der Waals surface area contributed by atoms with Crippen LogP contribution in [0.2, 0.25) is 0 Å². The zero-order chi connectivity index (χ0) is 10.7. The molecule has 1 heterocycles. The third-order valence-electron chi connectivity index (χ3n) is 3.40. The molecule has 0 saturated heterocycles. The fourth-order valence-corrected chi connectivity index (χ4v) is 2.39. The summed E-state index contributed by atoms with van der Waals surface area (Å²) in [5, 5.41) is 11.4. The van der Waals surface area contributed by atoms with Crippen LogP contribution in [0.5, 0.6) is 0 Å². The van der Waals surface area contributed by atoms with E-state index in [0.29, 0.717) is 0 Å². The van der Waals surface area contributed by atoms with E-state index in [1.165, 1.54) is 19.3 Å². The van der Waals surface area contributed by atoms with Crippen molar-refractivity contribution in [3.63, 3.8) is 0 Å². The summed E-state index contributed by atoms with van der Waals surface area (Å²) >= 11 is 0. The van der Waals surface area contributed by atoms with Gasteiger partial charge < -0.3 is 5.32 Å². The minimum Gasteiger partial charge on any atom is -0.311 e. The molecule has 0 spiro atoms. The van der Waals surface area contributed by atoms with Crippen LogP contribution in [0.15, 0.2) is 6.20 Å². The molecule has 0 aromatic carbocycles. The van der Waals surface area contributed by atoms with Gasteiger partial charge in [0.2, 0.25) is 0 Å². The Morgan fingerprint density at radius 2 is 2.40 bits per heavy atom. The van der Waals surface area contributed by atoms with E-state index in [1.54, 1.807) is 4.68 Å². The zero-order valence-corrected chi connectivity index (χ0v) is 9.61. The molecule has 15 heavy (non-hydrogen) atoms. The van der Waals surface area contributed by atoms with Crippen LogP contribution >= 0.6 is 0 Å². The molecule has 2 atom stereocenters. The first-order valence-corrected chi connectivity index (χ1v) is 5.81. The first-order valence-electron chi connectivity index (χ1n) is 5.81. The van der Waals surface area contributed by atoms with Gasteiger partial charge in [-0.05, 0) is 24.8 Å². The van der Waals surface area contributed by atoms with Gasteiger partial charge in [0.15, 0.2) is 0 Å². The van der Waals surface area contributed by atoms with Crippen LogP contribution in [-0.2, 0) is 13.6 Å². The fraction of sp³-hybridized carbons (Fsp3) is 0.818. The van der Waals surface area contributed by atoms with Gasteiger partial charge in [-0.3, -0.25) is 4.68 Å². The molecule has 0 amide bonds. The maximum Gasteiger partial charge on any atom is 0.0964 e. The van der Waals surface area contributed by atoms with Gasteiger partial charge in [0, 0.05) is 19.8 Å². The summed E-state index contributed by atoms with van der Waals surface area (Å²) in [6.07, 6.45) is 6.15. The summed E-state index contributed by atoms with van der Waals surface area (Å²) in [4.78, 5) is 0. The lowest BCUT2D eigenvalue weighted by molar-refractivity contribution is 0.391. The number of rotatable bonds is 4. The Hall–Kier alpha value is -0.900. The maximum atomic E-state index is 4.05. The van der Waals surface area contributed by atoms with Gasteiger partial charge in [0.25, 0.3) is 0 Å². The number of aromatic nitrogens is 3. The number of nitrogens with one attached hydrogen (secondary N) is 1. The van der Waals surface area contributed by atoms with Crippen molar-refractivity contribution in [2.75, 3.05) is 6.54 Å². The molecule has 1 aromatic rings. The van der Waals surface area contributed by atoms with Gasteiger partial charge in [-0.15, -0.1) is 5.10 Å². The normalized spacial score (nSPS) is 26.0. The van der Waals surface area contributed by atoms with Crippen molar-refractivity contribution in [1.29, 1.82) is 0 Å². The van der Waals surface area contributed by atoms with Crippen molar-refractivity contribution in [2.45, 2.75) is 32.7 Å². The highest BCUT2D eigenvalue weighted by Crippen LogP contribution is 2.30. The van der Waals surface area contributed by atoms with Crippen molar-refractivity contribution in [3.8, 4) is 0 Å². The third-order valence-corrected chi connectivity index (χ3v) is 3.40. The van der Waals surface area contributed by atoms with Gasteiger partial charge >= 0.3 is 0 Å². The monoisotopic (exact) mass is 208 g/mol. The molecule has 0 radical (unpaired) electrons. The Labute approximate surface area is 91.1 Å². The van der Waals surface area contributed by atoms with Crippen molar-refractivity contribution in [2.24, 2.45) is 18.9 Å². The van der Waals surface area contributed by atoms with Gasteiger partial charge in [0.1, 0.15) is 0 Å². The maximum absolute atomic E-state index is 4.05. The average molecular weight is 208 g/mol. The molecule has 1 fully saturated rings. The lowest BCUT2D eigenvalue weighted by atomic mass is 9.98. The highest BCUT2D eigenvalue weighted by atomic mass is 15.4. The molecule has 1 aromatic heterocycles. The average Bonchev–Trinajstić information content (AvgIpc) is 2.77. The van der Waals surface area contributed by atoms with E-state index in [-0.39, 0.29) is 0 Å². The molecule has 4 nitrogen and oxygen atoms in total. The van der Waals surface area contributed by atoms with E-state index in [1.807, 2.05) is 13.2 Å².